The van der Waals surface area contributed by atoms with Gasteiger partial charge in [0.05, 0.1) is 50.1 Å². The summed E-state index contributed by atoms with van der Waals surface area (Å²) in [6.07, 6.45) is 0. The quantitative estimate of drug-likeness (QED) is 0.104. The Labute approximate surface area is 389 Å². The van der Waals surface area contributed by atoms with Crippen molar-refractivity contribution in [3.8, 4) is 0 Å². The Morgan fingerprint density at radius 3 is 0.483 bits per heavy atom. The Bertz CT molecular complexity index is 1000. The van der Waals surface area contributed by atoms with Crippen molar-refractivity contribution < 1.29 is 149 Å². The van der Waals surface area contributed by atoms with Crippen molar-refractivity contribution >= 4 is 47.8 Å². The van der Waals surface area contributed by atoms with Gasteiger partial charge in [-0.3, -0.25) is 58.4 Å². The van der Waals surface area contributed by atoms with Gasteiger partial charge in [-0.2, -0.15) is 0 Å². The first-order chi connectivity index (χ1) is 26.3. The summed E-state index contributed by atoms with van der Waals surface area (Å²) in [4.78, 5) is 101. The summed E-state index contributed by atoms with van der Waals surface area (Å²) in [6, 6.07) is 0. The molecular formula is C32H52GdN8NaO16. The van der Waals surface area contributed by atoms with E-state index in [4.69, 9.17) is 20.4 Å². The van der Waals surface area contributed by atoms with Gasteiger partial charge in [-0.15, -0.1) is 0 Å². The molecule has 0 spiro atoms. The number of rotatable bonds is 16. The molecule has 2 aliphatic heterocycles. The average molecular weight is 985 g/mol. The standard InChI is InChI=1S/2C16H28N4O8.Gd.Na/c2*21-13(22)9-17-1-2-18(10-14(23)24)5-6-20(12-16(27)28)8-7-19(4-3-17)11-15(25)26;;/h2*1-12H2,(H,21,22)(H,23,24)(H,25,26)(H,27,28);;/q;;+3;+1/p-4. The van der Waals surface area contributed by atoms with Crippen LogP contribution in [0.15, 0.2) is 0 Å². The molecule has 0 aromatic rings. The van der Waals surface area contributed by atoms with E-state index < -0.39 is 47.8 Å². The first-order valence-electron chi connectivity index (χ1n) is 17.8. The zero-order chi connectivity index (χ0) is 42.2. The first kappa shape index (κ1) is 57.9. The fraction of sp³-hybridized carbons (Fsp3) is 0.750. The molecule has 1 radical (unpaired) electrons. The second-order valence-electron chi connectivity index (χ2n) is 13.3. The normalized spacial score (nSPS) is 18.8. The van der Waals surface area contributed by atoms with Crippen molar-refractivity contribution in [3.05, 3.63) is 0 Å². The third-order valence-electron chi connectivity index (χ3n) is 8.71. The molecule has 26 heteroatoms. The largest absolute Gasteiger partial charge is 3.00 e. The first-order valence-corrected chi connectivity index (χ1v) is 17.8. The SMILES string of the molecule is O=C(O)CN1CCN(CC(=O)O)CCN(CC(=O)O)CCN(CC(=O)O)CC1.O=C([O-])CN1CCN(CC(=O)[O-])CCN(CC(=O)[O-])CCN(CC(=O)[O-])CC1.[Gd+3].[Na+]. The zero-order valence-electron chi connectivity index (χ0n) is 32.6. The molecule has 4 N–H and O–H groups in total. The molecule has 0 amide bonds. The van der Waals surface area contributed by atoms with Gasteiger partial charge in [0.2, 0.25) is 0 Å². The van der Waals surface area contributed by atoms with Crippen LogP contribution in [-0.2, 0) is 38.4 Å². The summed E-state index contributed by atoms with van der Waals surface area (Å²) in [5.41, 5.74) is 0. The number of carbonyl (C=O) groups excluding carboxylic acids is 4. The molecule has 2 fully saturated rings. The van der Waals surface area contributed by atoms with Crippen LogP contribution < -0.4 is 50.0 Å². The predicted octanol–water partition coefficient (Wildman–Crippen LogP) is -13.2. The molecular weight excluding hydrogens is 933 g/mol. The Morgan fingerprint density at radius 2 is 0.397 bits per heavy atom. The van der Waals surface area contributed by atoms with Gasteiger partial charge in [0.15, 0.2) is 0 Å². The minimum Gasteiger partial charge on any atom is -0.549 e. The number of carboxylic acid groups (broad SMARTS) is 8. The van der Waals surface area contributed by atoms with Gasteiger partial charge in [-0.25, -0.2) is 0 Å². The van der Waals surface area contributed by atoms with Crippen LogP contribution in [0.4, 0.5) is 0 Å². The molecule has 2 saturated heterocycles. The molecule has 0 bridgehead atoms. The van der Waals surface area contributed by atoms with Gasteiger partial charge in [0.1, 0.15) is 0 Å². The van der Waals surface area contributed by atoms with E-state index >= 15 is 0 Å². The molecule has 2 heterocycles. The van der Waals surface area contributed by atoms with Crippen LogP contribution in [0.3, 0.4) is 0 Å². The van der Waals surface area contributed by atoms with Crippen molar-refractivity contribution in [2.45, 2.75) is 0 Å². The molecule has 0 aliphatic carbocycles. The molecule has 0 unspecified atom stereocenters. The molecule has 0 aromatic carbocycles. The maximum Gasteiger partial charge on any atom is 3.00 e. The number of carbonyl (C=O) groups is 8. The van der Waals surface area contributed by atoms with Crippen LogP contribution in [0.2, 0.25) is 0 Å². The monoisotopic (exact) mass is 985 g/mol. The van der Waals surface area contributed by atoms with Gasteiger partial charge in [-0.05, 0) is 0 Å². The minimum absolute atomic E-state index is 0. The average Bonchev–Trinajstić information content (AvgIpc) is 3.05. The van der Waals surface area contributed by atoms with E-state index in [1.54, 1.807) is 19.6 Å². The van der Waals surface area contributed by atoms with E-state index in [2.05, 4.69) is 0 Å². The Kier molecular flexibility index (Phi) is 32.4. The smallest absolute Gasteiger partial charge is 0.549 e. The van der Waals surface area contributed by atoms with Crippen LogP contribution in [0, 0.1) is 39.9 Å². The second kappa shape index (κ2) is 32.5. The fourth-order valence-electron chi connectivity index (χ4n) is 5.92. The summed E-state index contributed by atoms with van der Waals surface area (Å²) < 4.78 is 0. The van der Waals surface area contributed by atoms with Gasteiger partial charge < -0.3 is 60.0 Å². The fourth-order valence-corrected chi connectivity index (χ4v) is 5.92. The molecule has 325 valence electrons. The van der Waals surface area contributed by atoms with E-state index in [1.807, 2.05) is 0 Å². The second-order valence-corrected chi connectivity index (χ2v) is 13.3. The molecule has 24 nitrogen and oxygen atoms in total. The van der Waals surface area contributed by atoms with E-state index in [9.17, 15) is 58.8 Å². The van der Waals surface area contributed by atoms with Crippen molar-refractivity contribution in [1.29, 1.82) is 0 Å². The molecule has 2 aliphatic rings. The van der Waals surface area contributed by atoms with E-state index in [-0.39, 0.29) is 174 Å². The molecule has 58 heavy (non-hydrogen) atoms. The number of aliphatic carboxylic acids is 8. The summed E-state index contributed by atoms with van der Waals surface area (Å²) in [7, 11) is 0. The number of hydrogen-bond acceptors (Lipinski definition) is 20. The molecule has 0 atom stereocenters. The van der Waals surface area contributed by atoms with Crippen LogP contribution >= 0.6 is 0 Å². The maximum atomic E-state index is 11.1. The van der Waals surface area contributed by atoms with E-state index in [1.165, 1.54) is 19.6 Å². The van der Waals surface area contributed by atoms with E-state index in [0.29, 0.717) is 52.4 Å². The Morgan fingerprint density at radius 1 is 0.293 bits per heavy atom. The molecule has 2 rings (SSSR count). The number of nitrogens with zero attached hydrogens (tertiary/aromatic N) is 8. The summed E-state index contributed by atoms with van der Waals surface area (Å²) in [5.74, 6) is -9.28. The summed E-state index contributed by atoms with van der Waals surface area (Å²) in [5, 5.41) is 80.1. The predicted molar refractivity (Wildman–Crippen MR) is 182 cm³/mol. The Hall–Kier alpha value is -2.24. The topological polar surface area (TPSA) is 336 Å². The zero-order valence-corrected chi connectivity index (χ0v) is 36.9. The van der Waals surface area contributed by atoms with Gasteiger partial charge >= 0.3 is 93.4 Å². The summed E-state index contributed by atoms with van der Waals surface area (Å²) in [6.45, 7) is 1.68. The maximum absolute atomic E-state index is 11.1. The third-order valence-corrected chi connectivity index (χ3v) is 8.71. The van der Waals surface area contributed by atoms with Crippen molar-refractivity contribution in [2.24, 2.45) is 0 Å². The van der Waals surface area contributed by atoms with E-state index in [0.717, 1.165) is 0 Å². The van der Waals surface area contributed by atoms with Crippen molar-refractivity contribution in [3.63, 3.8) is 0 Å². The van der Waals surface area contributed by atoms with Crippen molar-refractivity contribution in [2.75, 3.05) is 157 Å². The van der Waals surface area contributed by atoms with Gasteiger partial charge in [-0.1, -0.05) is 0 Å². The van der Waals surface area contributed by atoms with Crippen LogP contribution in [0.25, 0.3) is 0 Å². The van der Waals surface area contributed by atoms with Gasteiger partial charge in [0, 0.05) is 131 Å². The number of carboxylic acids is 8. The van der Waals surface area contributed by atoms with Gasteiger partial charge in [0.25, 0.3) is 0 Å². The Balaban J connectivity index is 0. The van der Waals surface area contributed by atoms with Crippen LogP contribution in [-0.4, -0.2) is 264 Å². The molecule has 0 aromatic heterocycles. The minimum atomic E-state index is -1.30. The number of hydrogen-bond donors (Lipinski definition) is 4. The van der Waals surface area contributed by atoms with Crippen LogP contribution in [0.1, 0.15) is 0 Å². The molecule has 0 saturated carbocycles. The van der Waals surface area contributed by atoms with Crippen LogP contribution in [0.5, 0.6) is 0 Å². The van der Waals surface area contributed by atoms with Crippen molar-refractivity contribution in [1.82, 2.24) is 39.2 Å². The summed E-state index contributed by atoms with van der Waals surface area (Å²) >= 11 is 0. The third kappa shape index (κ3) is 30.8.